The number of hydrogen-bond acceptors (Lipinski definition) is 9. The van der Waals surface area contributed by atoms with E-state index in [1.54, 1.807) is 24.5 Å². The molecule has 0 saturated heterocycles. The molecule has 0 aliphatic carbocycles. The zero-order chi connectivity index (χ0) is 26.4. The van der Waals surface area contributed by atoms with E-state index in [9.17, 15) is 14.4 Å². The summed E-state index contributed by atoms with van der Waals surface area (Å²) in [5.41, 5.74) is 18.0. The lowest BCUT2D eigenvalue weighted by atomic mass is 10.1. The third kappa shape index (κ3) is 12.0. The number of carbonyl (C=O) groups is 3. The average Bonchev–Trinajstić information content (AvgIpc) is 3.50. The van der Waals surface area contributed by atoms with Gasteiger partial charge in [0.2, 0.25) is 0 Å². The molecule has 3 atom stereocenters. The maximum Gasteiger partial charge on any atom is 0.320 e. The van der Waals surface area contributed by atoms with E-state index < -0.39 is 36.0 Å². The highest BCUT2D eigenvalue weighted by Gasteiger charge is 2.13. The van der Waals surface area contributed by atoms with Crippen LogP contribution in [0.2, 0.25) is 0 Å². The first-order valence-electron chi connectivity index (χ1n) is 10.2. The van der Waals surface area contributed by atoms with Gasteiger partial charge in [-0.25, -0.2) is 9.97 Å². The summed E-state index contributed by atoms with van der Waals surface area (Å²) in [6.07, 6.45) is 7.03. The number of aromatic nitrogens is 4. The van der Waals surface area contributed by atoms with Gasteiger partial charge in [-0.3, -0.25) is 14.4 Å². The van der Waals surface area contributed by atoms with Crippen LogP contribution in [-0.2, 0) is 33.6 Å². The number of hydrogen-bond donors (Lipinski definition) is 9. The van der Waals surface area contributed by atoms with Crippen LogP contribution in [0.15, 0.2) is 49.3 Å². The summed E-state index contributed by atoms with van der Waals surface area (Å²) < 4.78 is 0. The molecule has 190 valence electrons. The molecule has 0 aliphatic rings. The number of aromatic hydroxyl groups is 1. The van der Waals surface area contributed by atoms with Crippen LogP contribution in [0.1, 0.15) is 17.0 Å². The second-order valence-corrected chi connectivity index (χ2v) is 7.23. The molecule has 0 aliphatic heterocycles. The van der Waals surface area contributed by atoms with E-state index in [-0.39, 0.29) is 25.0 Å². The zero-order valence-corrected chi connectivity index (χ0v) is 18.6. The predicted molar refractivity (Wildman–Crippen MR) is 123 cm³/mol. The molecular formula is C21H29N7O7. The Kier molecular flexibility index (Phi) is 12.2. The smallest absolute Gasteiger partial charge is 0.320 e. The molecule has 14 heteroatoms. The molecule has 14 nitrogen and oxygen atoms in total. The van der Waals surface area contributed by atoms with Crippen LogP contribution in [0.4, 0.5) is 0 Å². The number of aromatic amines is 2. The van der Waals surface area contributed by atoms with E-state index >= 15 is 0 Å². The summed E-state index contributed by atoms with van der Waals surface area (Å²) in [6, 6.07) is 3.70. The molecule has 0 unspecified atom stereocenters. The molecule has 3 rings (SSSR count). The van der Waals surface area contributed by atoms with Gasteiger partial charge in [-0.2, -0.15) is 0 Å². The molecule has 0 radical (unpaired) electrons. The van der Waals surface area contributed by atoms with Gasteiger partial charge in [-0.1, -0.05) is 12.1 Å². The highest BCUT2D eigenvalue weighted by molar-refractivity contribution is 5.74. The van der Waals surface area contributed by atoms with E-state index in [1.807, 2.05) is 0 Å². The van der Waals surface area contributed by atoms with Crippen molar-refractivity contribution in [3.8, 4) is 5.75 Å². The Morgan fingerprint density at radius 3 is 1.40 bits per heavy atom. The van der Waals surface area contributed by atoms with Crippen molar-refractivity contribution in [3.63, 3.8) is 0 Å². The first kappa shape index (κ1) is 28.8. The second-order valence-electron chi connectivity index (χ2n) is 7.23. The lowest BCUT2D eigenvalue weighted by Crippen LogP contribution is -2.32. The Hall–Kier alpha value is -4.27. The van der Waals surface area contributed by atoms with E-state index in [4.69, 9.17) is 37.6 Å². The number of benzene rings is 1. The molecule has 0 spiro atoms. The van der Waals surface area contributed by atoms with Crippen LogP contribution >= 0.6 is 0 Å². The van der Waals surface area contributed by atoms with Gasteiger partial charge in [-0.05, 0) is 24.1 Å². The monoisotopic (exact) mass is 491 g/mol. The quantitative estimate of drug-likeness (QED) is 0.176. The van der Waals surface area contributed by atoms with Gasteiger partial charge < -0.3 is 47.6 Å². The molecule has 0 amide bonds. The molecule has 2 aromatic heterocycles. The van der Waals surface area contributed by atoms with Gasteiger partial charge in [0.15, 0.2) is 0 Å². The van der Waals surface area contributed by atoms with Crippen LogP contribution in [0.5, 0.6) is 5.75 Å². The predicted octanol–water partition coefficient (Wildman–Crippen LogP) is -0.925. The molecule has 35 heavy (non-hydrogen) atoms. The molecule has 0 saturated carbocycles. The van der Waals surface area contributed by atoms with Crippen LogP contribution in [0.25, 0.3) is 0 Å². The molecule has 0 bridgehead atoms. The fraction of sp³-hybridized carbons (Fsp3) is 0.286. The van der Waals surface area contributed by atoms with Crippen molar-refractivity contribution in [2.24, 2.45) is 17.2 Å². The summed E-state index contributed by atoms with van der Waals surface area (Å²) >= 11 is 0. The number of imidazole rings is 2. The van der Waals surface area contributed by atoms with Gasteiger partial charge >= 0.3 is 17.9 Å². The van der Waals surface area contributed by atoms with Crippen molar-refractivity contribution in [1.29, 1.82) is 0 Å². The van der Waals surface area contributed by atoms with Crippen molar-refractivity contribution in [1.82, 2.24) is 19.9 Å². The minimum Gasteiger partial charge on any atom is -0.508 e. The van der Waals surface area contributed by atoms with Crippen molar-refractivity contribution in [2.45, 2.75) is 37.4 Å². The van der Waals surface area contributed by atoms with Crippen molar-refractivity contribution < 1.29 is 34.8 Å². The van der Waals surface area contributed by atoms with Crippen LogP contribution in [0, 0.1) is 0 Å². The second kappa shape index (κ2) is 14.8. The first-order chi connectivity index (χ1) is 16.5. The number of nitrogens with two attached hydrogens (primary N) is 3. The summed E-state index contributed by atoms with van der Waals surface area (Å²) in [5.74, 6) is -2.87. The Balaban J connectivity index is 0.000000264. The van der Waals surface area contributed by atoms with Crippen LogP contribution in [-0.4, -0.2) is 76.4 Å². The third-order valence-electron chi connectivity index (χ3n) is 4.31. The Morgan fingerprint density at radius 2 is 1.09 bits per heavy atom. The fourth-order valence-electron chi connectivity index (χ4n) is 2.40. The molecule has 12 N–H and O–H groups in total. The Morgan fingerprint density at radius 1 is 0.714 bits per heavy atom. The molecular weight excluding hydrogens is 462 g/mol. The highest BCUT2D eigenvalue weighted by atomic mass is 16.4. The first-order valence-corrected chi connectivity index (χ1v) is 10.2. The fourth-order valence-corrected chi connectivity index (χ4v) is 2.40. The number of phenols is 1. The number of aliphatic carboxylic acids is 3. The third-order valence-corrected chi connectivity index (χ3v) is 4.31. The summed E-state index contributed by atoms with van der Waals surface area (Å²) in [7, 11) is 0. The Bertz CT molecular complexity index is 973. The number of phenolic OH excluding ortho intramolecular Hbond substituents is 1. The maximum absolute atomic E-state index is 10.4. The van der Waals surface area contributed by atoms with E-state index in [0.717, 1.165) is 5.56 Å². The molecule has 3 aromatic rings. The number of rotatable bonds is 9. The van der Waals surface area contributed by atoms with Gasteiger partial charge in [-0.15, -0.1) is 0 Å². The topological polar surface area (TPSA) is 268 Å². The highest BCUT2D eigenvalue weighted by Crippen LogP contribution is 2.10. The van der Waals surface area contributed by atoms with Gasteiger partial charge in [0.05, 0.1) is 24.0 Å². The summed E-state index contributed by atoms with van der Waals surface area (Å²) in [5, 5.41) is 34.3. The van der Waals surface area contributed by atoms with Crippen LogP contribution in [0.3, 0.4) is 0 Å². The number of nitrogens with zero attached hydrogens (tertiary/aromatic N) is 2. The summed E-state index contributed by atoms with van der Waals surface area (Å²) in [6.45, 7) is 0. The Labute approximate surface area is 199 Å². The standard InChI is InChI=1S/C9H11NO3.2C6H9N3O2/c10-8(9(12)13)5-6-1-3-7(11)4-2-6;2*7-5(6(10)11)1-4-2-8-3-9-4/h1-4,8,11H,5,10H2,(H,12,13);2*2-3,5H,1,7H2,(H,8,9)(H,10,11)/t8-;2*5-/m000/s1. The van der Waals surface area contributed by atoms with Gasteiger partial charge in [0, 0.05) is 25.2 Å². The minimum atomic E-state index is -1.02. The number of nitrogens with one attached hydrogen (secondary N) is 2. The van der Waals surface area contributed by atoms with Crippen molar-refractivity contribution in [2.75, 3.05) is 0 Å². The van der Waals surface area contributed by atoms with Gasteiger partial charge in [0.1, 0.15) is 23.9 Å². The molecule has 0 fully saturated rings. The molecule has 2 heterocycles. The van der Waals surface area contributed by atoms with Crippen LogP contribution < -0.4 is 17.2 Å². The normalized spacial score (nSPS) is 12.7. The lowest BCUT2D eigenvalue weighted by molar-refractivity contribution is -0.139. The van der Waals surface area contributed by atoms with Crippen molar-refractivity contribution in [3.05, 3.63) is 66.3 Å². The molecule has 1 aromatic carbocycles. The SMILES string of the molecule is N[C@@H](Cc1c[nH]cn1)C(=O)O.N[C@@H](Cc1c[nH]cn1)C(=O)O.N[C@@H](Cc1ccc(O)cc1)C(=O)O. The van der Waals surface area contributed by atoms with Gasteiger partial charge in [0.25, 0.3) is 0 Å². The lowest BCUT2D eigenvalue weighted by Gasteiger charge is -2.05. The van der Waals surface area contributed by atoms with Crippen molar-refractivity contribution >= 4 is 17.9 Å². The largest absolute Gasteiger partial charge is 0.508 e. The number of carboxylic acid groups (broad SMARTS) is 3. The van der Waals surface area contributed by atoms with E-state index in [2.05, 4.69) is 19.9 Å². The van der Waals surface area contributed by atoms with E-state index in [1.165, 1.54) is 24.8 Å². The summed E-state index contributed by atoms with van der Waals surface area (Å²) in [4.78, 5) is 44.0. The zero-order valence-electron chi connectivity index (χ0n) is 18.6. The number of carboxylic acids is 3. The minimum absolute atomic E-state index is 0.160. The number of H-pyrrole nitrogens is 2. The maximum atomic E-state index is 10.4. The van der Waals surface area contributed by atoms with E-state index in [0.29, 0.717) is 11.4 Å². The average molecular weight is 492 g/mol.